The smallest absolute Gasteiger partial charge is 0.128 e. The lowest BCUT2D eigenvalue weighted by Gasteiger charge is -2.22. The van der Waals surface area contributed by atoms with E-state index in [2.05, 4.69) is 0 Å². The lowest BCUT2D eigenvalue weighted by molar-refractivity contribution is 0.415. The lowest BCUT2D eigenvalue weighted by atomic mass is 9.89. The van der Waals surface area contributed by atoms with E-state index < -0.39 is 0 Å². The molecule has 54 heavy (non-hydrogen) atoms. The molecule has 0 aliphatic heterocycles. The normalized spacial score (nSPS) is 11.1. The summed E-state index contributed by atoms with van der Waals surface area (Å²) in [5, 5.41) is 4.58. The van der Waals surface area contributed by atoms with Crippen LogP contribution in [0.2, 0.25) is 10.0 Å². The molecule has 2 aromatic heterocycles. The van der Waals surface area contributed by atoms with E-state index in [1.165, 1.54) is 0 Å². The third-order valence-corrected chi connectivity index (χ3v) is 10.1. The summed E-state index contributed by atoms with van der Waals surface area (Å²) in [6.45, 7) is 0. The fourth-order valence-corrected chi connectivity index (χ4v) is 7.59. The number of para-hydroxylation sites is 4. The lowest BCUT2D eigenvalue weighted by Crippen LogP contribution is -2.03. The van der Waals surface area contributed by atoms with Gasteiger partial charge in [-0.1, -0.05) is 96.0 Å². The predicted octanol–water partition coefficient (Wildman–Crippen LogP) is 12.5. The fourth-order valence-electron chi connectivity index (χ4n) is 7.25. The number of aromatic nitrogens is 2. The van der Waals surface area contributed by atoms with Crippen molar-refractivity contribution in [2.75, 3.05) is 28.4 Å². The second-order valence-corrected chi connectivity index (χ2v) is 13.4. The Morgan fingerprint density at radius 1 is 0.352 bits per heavy atom. The van der Waals surface area contributed by atoms with Crippen LogP contribution in [0.15, 0.2) is 133 Å². The molecule has 0 atom stereocenters. The zero-order valence-corrected chi connectivity index (χ0v) is 31.5. The molecule has 0 bridgehead atoms. The van der Waals surface area contributed by atoms with Gasteiger partial charge in [0.05, 0.1) is 51.2 Å². The molecule has 0 aliphatic rings. The van der Waals surface area contributed by atoms with E-state index in [1.54, 1.807) is 28.4 Å². The Labute approximate surface area is 323 Å². The molecule has 0 amide bonds. The number of ether oxygens (including phenoxy) is 4. The first-order chi connectivity index (χ1) is 26.4. The molecule has 0 fully saturated rings. The number of benzene rings is 6. The first kappa shape index (κ1) is 35.0. The number of hydrogen-bond acceptors (Lipinski definition) is 6. The Bertz CT molecular complexity index is 2530. The maximum atomic E-state index is 6.84. The van der Waals surface area contributed by atoms with Crippen LogP contribution in [-0.4, -0.2) is 38.4 Å². The molecule has 0 N–H and O–H groups in total. The third-order valence-electron chi connectivity index (χ3n) is 9.63. The quantitative estimate of drug-likeness (QED) is 0.146. The Morgan fingerprint density at radius 2 is 0.667 bits per heavy atom. The molecule has 0 saturated heterocycles. The topological polar surface area (TPSA) is 62.7 Å². The van der Waals surface area contributed by atoms with Crippen LogP contribution < -0.4 is 18.9 Å². The predicted molar refractivity (Wildman–Crippen MR) is 220 cm³/mol. The first-order valence-electron chi connectivity index (χ1n) is 17.3. The van der Waals surface area contributed by atoms with Crippen LogP contribution in [0.5, 0.6) is 23.0 Å². The Kier molecular flexibility index (Phi) is 9.55. The van der Waals surface area contributed by atoms with E-state index in [9.17, 15) is 0 Å². The molecule has 0 radical (unpaired) electrons. The van der Waals surface area contributed by atoms with Gasteiger partial charge in [0.1, 0.15) is 23.0 Å². The van der Waals surface area contributed by atoms with Crippen LogP contribution in [0.4, 0.5) is 0 Å². The maximum Gasteiger partial charge on any atom is 0.128 e. The summed E-state index contributed by atoms with van der Waals surface area (Å²) in [7, 11) is 6.66. The second-order valence-electron chi connectivity index (χ2n) is 12.5. The third kappa shape index (κ3) is 6.03. The molecule has 0 saturated carbocycles. The standard InChI is InChI=1S/C46H34Cl2N2O4/c1-51-37-17-9-5-13-31(37)41-35-25-27(47)21-23-29(35)45(49-43(41)33-15-7-11-19-39(33)53-3)46-30-24-22-28(48)26-36(30)42(32-14-6-10-18-38(32)52-2)44(50-46)34-16-8-12-20-40(34)54-4/h5-26H,1-4H3. The highest BCUT2D eigenvalue weighted by Crippen LogP contribution is 2.50. The molecule has 0 spiro atoms. The molecule has 0 aliphatic carbocycles. The van der Waals surface area contributed by atoms with Gasteiger partial charge in [0.15, 0.2) is 0 Å². The Morgan fingerprint density at radius 3 is 1.02 bits per heavy atom. The molecule has 2 heterocycles. The van der Waals surface area contributed by atoms with Crippen molar-refractivity contribution in [1.82, 2.24) is 9.97 Å². The highest BCUT2D eigenvalue weighted by atomic mass is 35.5. The van der Waals surface area contributed by atoms with E-state index >= 15 is 0 Å². The maximum absolute atomic E-state index is 6.84. The van der Waals surface area contributed by atoms with Gasteiger partial charge in [0.25, 0.3) is 0 Å². The molecule has 0 unspecified atom stereocenters. The van der Waals surface area contributed by atoms with Crippen molar-refractivity contribution in [3.05, 3.63) is 144 Å². The molecule has 6 aromatic carbocycles. The van der Waals surface area contributed by atoms with Crippen LogP contribution in [0.3, 0.4) is 0 Å². The molecule has 6 nitrogen and oxygen atoms in total. The first-order valence-corrected chi connectivity index (χ1v) is 18.0. The summed E-state index contributed by atoms with van der Waals surface area (Å²) < 4.78 is 23.8. The van der Waals surface area contributed by atoms with E-state index in [1.807, 2.05) is 133 Å². The highest BCUT2D eigenvalue weighted by Gasteiger charge is 2.27. The highest BCUT2D eigenvalue weighted by molar-refractivity contribution is 6.32. The van der Waals surface area contributed by atoms with Gasteiger partial charge >= 0.3 is 0 Å². The number of hydrogen-bond donors (Lipinski definition) is 0. The van der Waals surface area contributed by atoms with E-state index in [4.69, 9.17) is 52.1 Å². The van der Waals surface area contributed by atoms with Crippen LogP contribution in [0, 0.1) is 0 Å². The summed E-state index contributed by atoms with van der Waals surface area (Å²) in [5.74, 6) is 2.73. The molecule has 8 aromatic rings. The van der Waals surface area contributed by atoms with Crippen molar-refractivity contribution in [1.29, 1.82) is 0 Å². The average Bonchev–Trinajstić information content (AvgIpc) is 3.22. The van der Waals surface area contributed by atoms with E-state index in [0.29, 0.717) is 55.8 Å². The minimum atomic E-state index is 0.576. The van der Waals surface area contributed by atoms with Crippen LogP contribution >= 0.6 is 23.2 Å². The SMILES string of the molecule is COc1ccccc1-c1nc(-c2nc(-c3ccccc3OC)c(-c3ccccc3OC)c3cc(Cl)ccc23)c2ccc(Cl)cc2c1-c1ccccc1OC. The summed E-state index contributed by atoms with van der Waals surface area (Å²) >= 11 is 13.7. The van der Waals surface area contributed by atoms with Gasteiger partial charge in [-0.3, -0.25) is 0 Å². The number of nitrogens with zero attached hydrogens (tertiary/aromatic N) is 2. The van der Waals surface area contributed by atoms with Crippen molar-refractivity contribution >= 4 is 44.7 Å². The van der Waals surface area contributed by atoms with E-state index in [0.717, 1.165) is 54.9 Å². The van der Waals surface area contributed by atoms with Gasteiger partial charge in [0.2, 0.25) is 0 Å². The van der Waals surface area contributed by atoms with Crippen molar-refractivity contribution in [2.24, 2.45) is 0 Å². The van der Waals surface area contributed by atoms with Crippen LogP contribution in [-0.2, 0) is 0 Å². The summed E-state index contributed by atoms with van der Waals surface area (Å²) in [5.41, 5.74) is 7.67. The zero-order valence-electron chi connectivity index (χ0n) is 30.0. The van der Waals surface area contributed by atoms with Gasteiger partial charge in [0, 0.05) is 54.2 Å². The second kappa shape index (κ2) is 14.7. The molecular formula is C46H34Cl2N2O4. The van der Waals surface area contributed by atoms with Crippen molar-refractivity contribution in [3.8, 4) is 79.2 Å². The van der Waals surface area contributed by atoms with Crippen molar-refractivity contribution < 1.29 is 18.9 Å². The summed E-state index contributed by atoms with van der Waals surface area (Å²) in [6, 6.07) is 43.3. The molecule has 8 heteroatoms. The monoisotopic (exact) mass is 748 g/mol. The van der Waals surface area contributed by atoms with Crippen molar-refractivity contribution in [2.45, 2.75) is 0 Å². The van der Waals surface area contributed by atoms with Crippen LogP contribution in [0.25, 0.3) is 77.7 Å². The number of halogens is 2. The van der Waals surface area contributed by atoms with Crippen LogP contribution in [0.1, 0.15) is 0 Å². The van der Waals surface area contributed by atoms with Crippen molar-refractivity contribution in [3.63, 3.8) is 0 Å². The van der Waals surface area contributed by atoms with Gasteiger partial charge in [-0.25, -0.2) is 9.97 Å². The Hall–Kier alpha value is -6.08. The summed E-state index contributed by atoms with van der Waals surface area (Å²) in [4.78, 5) is 11.2. The molecule has 266 valence electrons. The number of methoxy groups -OCH3 is 4. The Balaban J connectivity index is 1.59. The van der Waals surface area contributed by atoms with Gasteiger partial charge < -0.3 is 18.9 Å². The summed E-state index contributed by atoms with van der Waals surface area (Å²) in [6.07, 6.45) is 0. The van der Waals surface area contributed by atoms with E-state index in [-0.39, 0.29) is 0 Å². The number of pyridine rings is 2. The zero-order chi connectivity index (χ0) is 37.3. The van der Waals surface area contributed by atoms with Gasteiger partial charge in [-0.15, -0.1) is 0 Å². The van der Waals surface area contributed by atoms with Gasteiger partial charge in [-0.05, 0) is 71.4 Å². The number of fused-ring (bicyclic) bond motifs is 2. The number of rotatable bonds is 9. The fraction of sp³-hybridized carbons (Fsp3) is 0.0870. The largest absolute Gasteiger partial charge is 0.496 e. The molecule has 8 rings (SSSR count). The minimum absolute atomic E-state index is 0.576. The molecular weight excluding hydrogens is 715 g/mol. The minimum Gasteiger partial charge on any atom is -0.496 e. The average molecular weight is 750 g/mol. The van der Waals surface area contributed by atoms with Gasteiger partial charge in [-0.2, -0.15) is 0 Å².